The molecule has 0 saturated carbocycles. The topological polar surface area (TPSA) is 130 Å². The molecule has 1 saturated heterocycles. The van der Waals surface area contributed by atoms with Gasteiger partial charge in [0.05, 0.1) is 17.5 Å². The van der Waals surface area contributed by atoms with E-state index in [1.165, 1.54) is 12.1 Å². The predicted molar refractivity (Wildman–Crippen MR) is 83.5 cm³/mol. The number of carbonyl (C=O) groups excluding carboxylic acids is 3. The lowest BCUT2D eigenvalue weighted by molar-refractivity contribution is -0.144. The number of hydrogen-bond donors (Lipinski definition) is 4. The van der Waals surface area contributed by atoms with Gasteiger partial charge in [-0.05, 0) is 24.1 Å². The molecule has 2 aromatic rings. The fraction of sp³-hybridized carbons (Fsp3) is 0.333. The summed E-state index contributed by atoms with van der Waals surface area (Å²) in [6, 6.07) is 1.77. The SMILES string of the molecule is Nc1cc(CC(=O)NC2CCC(=O)NC2=O)c2nc(C(F)(F)F)[nH]c2c1. The van der Waals surface area contributed by atoms with Crippen LogP contribution in [0.25, 0.3) is 11.0 Å². The first-order valence-corrected chi connectivity index (χ1v) is 7.62. The van der Waals surface area contributed by atoms with Crippen molar-refractivity contribution < 1.29 is 27.6 Å². The number of anilines is 1. The molecule has 11 heteroatoms. The Labute approximate surface area is 144 Å². The first kappa shape index (κ1) is 17.7. The van der Waals surface area contributed by atoms with E-state index in [0.29, 0.717) is 0 Å². The Morgan fingerprint density at radius 3 is 2.73 bits per heavy atom. The third kappa shape index (κ3) is 3.60. The number of nitrogens with zero attached hydrogens (tertiary/aromatic N) is 1. The molecule has 1 aromatic carbocycles. The number of imidazole rings is 1. The smallest absolute Gasteiger partial charge is 0.399 e. The van der Waals surface area contributed by atoms with Crippen molar-refractivity contribution in [3.63, 3.8) is 0 Å². The molecule has 1 aliphatic rings. The minimum atomic E-state index is -4.67. The molecule has 1 atom stereocenters. The van der Waals surface area contributed by atoms with Crippen LogP contribution in [0.1, 0.15) is 24.2 Å². The lowest BCUT2D eigenvalue weighted by atomic mass is 10.0. The number of H-pyrrole nitrogens is 1. The summed E-state index contributed by atoms with van der Waals surface area (Å²) in [6.07, 6.45) is -4.74. The van der Waals surface area contributed by atoms with Gasteiger partial charge in [-0.1, -0.05) is 0 Å². The van der Waals surface area contributed by atoms with E-state index in [4.69, 9.17) is 5.73 Å². The van der Waals surface area contributed by atoms with Gasteiger partial charge in [-0.15, -0.1) is 0 Å². The number of halogens is 3. The van der Waals surface area contributed by atoms with Crippen LogP contribution in [0.3, 0.4) is 0 Å². The first-order valence-electron chi connectivity index (χ1n) is 7.62. The predicted octanol–water partition coefficient (Wildman–Crippen LogP) is 0.628. The maximum Gasteiger partial charge on any atom is 0.449 e. The van der Waals surface area contributed by atoms with Crippen LogP contribution in [-0.2, 0) is 27.0 Å². The van der Waals surface area contributed by atoms with E-state index in [1.54, 1.807) is 0 Å². The number of benzene rings is 1. The van der Waals surface area contributed by atoms with Crippen LogP contribution in [0.4, 0.5) is 18.9 Å². The third-order valence-corrected chi connectivity index (χ3v) is 3.88. The van der Waals surface area contributed by atoms with Crippen LogP contribution < -0.4 is 16.4 Å². The Morgan fingerprint density at radius 1 is 1.35 bits per heavy atom. The van der Waals surface area contributed by atoms with E-state index in [-0.39, 0.29) is 41.5 Å². The number of aromatic amines is 1. The van der Waals surface area contributed by atoms with Crippen molar-refractivity contribution in [1.82, 2.24) is 20.6 Å². The number of imide groups is 1. The fourth-order valence-corrected chi connectivity index (χ4v) is 2.73. The van der Waals surface area contributed by atoms with Crippen LogP contribution in [0.15, 0.2) is 12.1 Å². The number of nitrogens with two attached hydrogens (primary N) is 1. The Morgan fingerprint density at radius 2 is 2.08 bits per heavy atom. The number of carbonyl (C=O) groups is 3. The number of aromatic nitrogens is 2. The number of nitrogen functional groups attached to an aromatic ring is 1. The van der Waals surface area contributed by atoms with Gasteiger partial charge >= 0.3 is 6.18 Å². The molecule has 1 unspecified atom stereocenters. The van der Waals surface area contributed by atoms with Gasteiger partial charge in [0.2, 0.25) is 23.5 Å². The summed E-state index contributed by atoms with van der Waals surface area (Å²) < 4.78 is 38.5. The number of nitrogens with one attached hydrogen (secondary N) is 3. The molecule has 1 aliphatic heterocycles. The molecule has 138 valence electrons. The fourth-order valence-electron chi connectivity index (χ4n) is 2.73. The summed E-state index contributed by atoms with van der Waals surface area (Å²) in [6.45, 7) is 0. The molecule has 3 amide bonds. The summed E-state index contributed by atoms with van der Waals surface area (Å²) in [7, 11) is 0. The molecule has 3 rings (SSSR count). The number of hydrogen-bond acceptors (Lipinski definition) is 5. The Kier molecular flexibility index (Phi) is 4.30. The van der Waals surface area contributed by atoms with Gasteiger partial charge in [-0.2, -0.15) is 13.2 Å². The second-order valence-electron chi connectivity index (χ2n) is 5.91. The van der Waals surface area contributed by atoms with Gasteiger partial charge in [0.25, 0.3) is 0 Å². The van der Waals surface area contributed by atoms with Crippen LogP contribution in [0.2, 0.25) is 0 Å². The van der Waals surface area contributed by atoms with Crippen molar-refractivity contribution in [1.29, 1.82) is 0 Å². The zero-order chi connectivity index (χ0) is 19.1. The Balaban J connectivity index is 1.81. The highest BCUT2D eigenvalue weighted by atomic mass is 19.4. The lowest BCUT2D eigenvalue weighted by Crippen LogP contribution is -2.52. The summed E-state index contributed by atoms with van der Waals surface area (Å²) in [5.41, 5.74) is 6.07. The minimum Gasteiger partial charge on any atom is -0.399 e. The van der Waals surface area contributed by atoms with Crippen LogP contribution in [0, 0.1) is 0 Å². The number of amides is 3. The molecule has 1 aromatic heterocycles. The molecular weight excluding hydrogens is 355 g/mol. The van der Waals surface area contributed by atoms with Crippen molar-refractivity contribution in [2.75, 3.05) is 5.73 Å². The van der Waals surface area contributed by atoms with Gasteiger partial charge in [0.1, 0.15) is 6.04 Å². The largest absolute Gasteiger partial charge is 0.449 e. The average molecular weight is 369 g/mol. The van der Waals surface area contributed by atoms with Gasteiger partial charge in [-0.25, -0.2) is 4.98 Å². The molecule has 26 heavy (non-hydrogen) atoms. The quantitative estimate of drug-likeness (QED) is 0.466. The van der Waals surface area contributed by atoms with Crippen molar-refractivity contribution in [2.24, 2.45) is 0 Å². The monoisotopic (exact) mass is 369 g/mol. The maximum atomic E-state index is 12.8. The lowest BCUT2D eigenvalue weighted by Gasteiger charge is -2.21. The third-order valence-electron chi connectivity index (χ3n) is 3.88. The molecule has 0 spiro atoms. The highest BCUT2D eigenvalue weighted by Gasteiger charge is 2.35. The summed E-state index contributed by atoms with van der Waals surface area (Å²) in [4.78, 5) is 40.6. The van der Waals surface area contributed by atoms with Crippen molar-refractivity contribution in [3.05, 3.63) is 23.5 Å². The van der Waals surface area contributed by atoms with Gasteiger partial charge in [0, 0.05) is 12.1 Å². The molecule has 0 bridgehead atoms. The van der Waals surface area contributed by atoms with E-state index in [2.05, 4.69) is 20.6 Å². The normalized spacial score (nSPS) is 18.0. The van der Waals surface area contributed by atoms with Crippen molar-refractivity contribution in [3.8, 4) is 0 Å². The summed E-state index contributed by atoms with van der Waals surface area (Å²) in [5.74, 6) is -2.83. The average Bonchev–Trinajstić information content (AvgIpc) is 2.94. The van der Waals surface area contributed by atoms with E-state index >= 15 is 0 Å². The number of piperidine rings is 1. The van der Waals surface area contributed by atoms with Gasteiger partial charge in [0.15, 0.2) is 0 Å². The Bertz CT molecular complexity index is 906. The standard InChI is InChI=1S/C15H14F3N5O3/c16-15(17,18)14-21-9-5-7(19)3-6(12(9)23-14)4-11(25)20-8-1-2-10(24)22-13(8)26/h3,5,8H,1-2,4,19H2,(H,20,25)(H,21,23)(H,22,24,26). The summed E-state index contributed by atoms with van der Waals surface area (Å²) >= 11 is 0. The molecule has 1 fully saturated rings. The zero-order valence-corrected chi connectivity index (χ0v) is 13.2. The van der Waals surface area contributed by atoms with E-state index in [1.807, 2.05) is 0 Å². The minimum absolute atomic E-state index is 0.0232. The number of rotatable bonds is 3. The molecule has 0 radical (unpaired) electrons. The number of alkyl halides is 3. The second-order valence-corrected chi connectivity index (χ2v) is 5.91. The van der Waals surface area contributed by atoms with E-state index < -0.39 is 35.8 Å². The van der Waals surface area contributed by atoms with Crippen LogP contribution >= 0.6 is 0 Å². The molecule has 0 aliphatic carbocycles. The van der Waals surface area contributed by atoms with Crippen molar-refractivity contribution in [2.45, 2.75) is 31.5 Å². The zero-order valence-electron chi connectivity index (χ0n) is 13.2. The highest BCUT2D eigenvalue weighted by Crippen LogP contribution is 2.30. The van der Waals surface area contributed by atoms with Crippen LogP contribution in [0.5, 0.6) is 0 Å². The van der Waals surface area contributed by atoms with Gasteiger partial charge < -0.3 is 16.0 Å². The second kappa shape index (κ2) is 6.32. The highest BCUT2D eigenvalue weighted by molar-refractivity contribution is 6.02. The Hall–Kier alpha value is -3.11. The van der Waals surface area contributed by atoms with Crippen molar-refractivity contribution >= 4 is 34.4 Å². The number of fused-ring (bicyclic) bond motifs is 1. The van der Waals surface area contributed by atoms with Crippen LogP contribution in [-0.4, -0.2) is 33.7 Å². The first-order chi connectivity index (χ1) is 12.1. The molecule has 2 heterocycles. The molecule has 5 N–H and O–H groups in total. The van der Waals surface area contributed by atoms with E-state index in [0.717, 1.165) is 0 Å². The van der Waals surface area contributed by atoms with Gasteiger partial charge in [-0.3, -0.25) is 19.7 Å². The molecular formula is C15H14F3N5O3. The molecule has 8 nitrogen and oxygen atoms in total. The summed E-state index contributed by atoms with van der Waals surface area (Å²) in [5, 5.41) is 4.56. The van der Waals surface area contributed by atoms with E-state index in [9.17, 15) is 27.6 Å². The maximum absolute atomic E-state index is 12.8.